The molecule has 0 saturated heterocycles. The summed E-state index contributed by atoms with van der Waals surface area (Å²) in [6.45, 7) is 6.24. The monoisotopic (exact) mass is 417 g/mol. The van der Waals surface area contributed by atoms with Crippen molar-refractivity contribution in [1.82, 2.24) is 9.97 Å². The van der Waals surface area contributed by atoms with Gasteiger partial charge in [0.05, 0.1) is 5.02 Å². The van der Waals surface area contributed by atoms with Crippen LogP contribution in [0.3, 0.4) is 0 Å². The Balaban J connectivity index is 2.33. The van der Waals surface area contributed by atoms with E-state index in [0.29, 0.717) is 5.02 Å². The predicted molar refractivity (Wildman–Crippen MR) is 90.9 cm³/mol. The fourth-order valence-electron chi connectivity index (χ4n) is 1.54. The molecule has 0 aliphatic heterocycles. The Labute approximate surface area is 140 Å². The van der Waals surface area contributed by atoms with E-state index in [1.807, 2.05) is 24.3 Å². The van der Waals surface area contributed by atoms with Gasteiger partial charge in [-0.25, -0.2) is 9.97 Å². The van der Waals surface area contributed by atoms with Gasteiger partial charge in [-0.15, -0.1) is 0 Å². The van der Waals surface area contributed by atoms with E-state index in [2.05, 4.69) is 67.9 Å². The van der Waals surface area contributed by atoms with Crippen LogP contribution in [0.4, 0.5) is 11.5 Å². The maximum Gasteiger partial charge on any atom is 0.137 e. The highest BCUT2D eigenvalue weighted by Crippen LogP contribution is 2.28. The van der Waals surface area contributed by atoms with Crippen LogP contribution in [0.15, 0.2) is 33.3 Å². The van der Waals surface area contributed by atoms with Gasteiger partial charge < -0.3 is 5.32 Å². The molecule has 2 aromatic rings. The van der Waals surface area contributed by atoms with Crippen molar-refractivity contribution in [3.05, 3.63) is 44.2 Å². The molecular formula is C14H14Br2ClN3. The topological polar surface area (TPSA) is 37.8 Å². The molecule has 0 saturated carbocycles. The van der Waals surface area contributed by atoms with Crippen LogP contribution in [-0.2, 0) is 5.41 Å². The van der Waals surface area contributed by atoms with Crippen LogP contribution >= 0.6 is 43.5 Å². The van der Waals surface area contributed by atoms with Gasteiger partial charge in [0, 0.05) is 21.6 Å². The zero-order valence-electron chi connectivity index (χ0n) is 11.3. The van der Waals surface area contributed by atoms with Crippen molar-refractivity contribution in [3.8, 4) is 0 Å². The SMILES string of the molecule is CC(C)(C)c1nc(Br)cc(Nc2ccc(Br)c(Cl)c2)n1. The van der Waals surface area contributed by atoms with Crippen LogP contribution in [-0.4, -0.2) is 9.97 Å². The summed E-state index contributed by atoms with van der Waals surface area (Å²) in [5.74, 6) is 1.51. The Morgan fingerprint density at radius 3 is 2.40 bits per heavy atom. The van der Waals surface area contributed by atoms with Crippen molar-refractivity contribution in [2.45, 2.75) is 26.2 Å². The standard InChI is InChI=1S/C14H14Br2ClN3/c1-14(2,3)13-19-11(16)7-12(20-13)18-8-4-5-9(15)10(17)6-8/h4-7H,1-3H3,(H,18,19,20). The van der Waals surface area contributed by atoms with Gasteiger partial charge in [0.2, 0.25) is 0 Å². The second-order valence-corrected chi connectivity index (χ2v) is 7.48. The van der Waals surface area contributed by atoms with Gasteiger partial charge in [-0.05, 0) is 50.1 Å². The minimum atomic E-state index is -0.114. The quantitative estimate of drug-likeness (QED) is 0.635. The molecule has 0 unspecified atom stereocenters. The molecule has 2 rings (SSSR count). The summed E-state index contributed by atoms with van der Waals surface area (Å²) in [6, 6.07) is 7.51. The van der Waals surface area contributed by atoms with E-state index in [1.54, 1.807) is 0 Å². The highest BCUT2D eigenvalue weighted by Gasteiger charge is 2.18. The van der Waals surface area contributed by atoms with Crippen molar-refractivity contribution in [3.63, 3.8) is 0 Å². The molecule has 0 aliphatic carbocycles. The number of nitrogens with zero attached hydrogens (tertiary/aromatic N) is 2. The normalized spacial score (nSPS) is 11.5. The minimum absolute atomic E-state index is 0.114. The minimum Gasteiger partial charge on any atom is -0.340 e. The van der Waals surface area contributed by atoms with Crippen LogP contribution in [0.5, 0.6) is 0 Å². The van der Waals surface area contributed by atoms with Gasteiger partial charge in [0.25, 0.3) is 0 Å². The lowest BCUT2D eigenvalue weighted by atomic mass is 9.96. The van der Waals surface area contributed by atoms with Crippen LogP contribution < -0.4 is 5.32 Å². The summed E-state index contributed by atoms with van der Waals surface area (Å²) in [7, 11) is 0. The van der Waals surface area contributed by atoms with Gasteiger partial charge in [-0.2, -0.15) is 0 Å². The number of benzene rings is 1. The fraction of sp³-hybridized carbons (Fsp3) is 0.286. The maximum absolute atomic E-state index is 6.09. The lowest BCUT2D eigenvalue weighted by Crippen LogP contribution is -2.16. The number of hydrogen-bond donors (Lipinski definition) is 1. The number of hydrogen-bond acceptors (Lipinski definition) is 3. The van der Waals surface area contributed by atoms with Gasteiger partial charge in [0.15, 0.2) is 0 Å². The summed E-state index contributed by atoms with van der Waals surface area (Å²) >= 11 is 12.9. The van der Waals surface area contributed by atoms with E-state index < -0.39 is 0 Å². The molecule has 0 amide bonds. The highest BCUT2D eigenvalue weighted by atomic mass is 79.9. The third kappa shape index (κ3) is 3.93. The van der Waals surface area contributed by atoms with Crippen molar-refractivity contribution in [2.75, 3.05) is 5.32 Å². The number of anilines is 2. The maximum atomic E-state index is 6.09. The van der Waals surface area contributed by atoms with Gasteiger partial charge in [-0.1, -0.05) is 32.4 Å². The second kappa shape index (κ2) is 6.00. The molecule has 1 aromatic heterocycles. The van der Waals surface area contributed by atoms with Gasteiger partial charge in [0.1, 0.15) is 16.2 Å². The van der Waals surface area contributed by atoms with E-state index in [-0.39, 0.29) is 5.41 Å². The number of rotatable bonds is 2. The molecule has 0 bridgehead atoms. The molecule has 0 fully saturated rings. The summed E-state index contributed by atoms with van der Waals surface area (Å²) in [6.07, 6.45) is 0. The molecule has 1 aromatic carbocycles. The van der Waals surface area contributed by atoms with Gasteiger partial charge in [-0.3, -0.25) is 0 Å². The van der Waals surface area contributed by atoms with Gasteiger partial charge >= 0.3 is 0 Å². The molecule has 1 heterocycles. The first-order valence-electron chi connectivity index (χ1n) is 6.03. The number of aromatic nitrogens is 2. The molecular weight excluding hydrogens is 405 g/mol. The average Bonchev–Trinajstić information content (AvgIpc) is 2.32. The lowest BCUT2D eigenvalue weighted by molar-refractivity contribution is 0.544. The molecule has 3 nitrogen and oxygen atoms in total. The highest BCUT2D eigenvalue weighted by molar-refractivity contribution is 9.10. The van der Waals surface area contributed by atoms with E-state index >= 15 is 0 Å². The van der Waals surface area contributed by atoms with Crippen LogP contribution in [0.25, 0.3) is 0 Å². The molecule has 0 aliphatic rings. The molecule has 0 radical (unpaired) electrons. The van der Waals surface area contributed by atoms with E-state index in [9.17, 15) is 0 Å². The molecule has 20 heavy (non-hydrogen) atoms. The van der Waals surface area contributed by atoms with E-state index in [4.69, 9.17) is 11.6 Å². The fourth-order valence-corrected chi connectivity index (χ4v) is 2.35. The Bertz CT molecular complexity index is 639. The van der Waals surface area contributed by atoms with E-state index in [1.165, 1.54) is 0 Å². The van der Waals surface area contributed by atoms with Crippen molar-refractivity contribution in [1.29, 1.82) is 0 Å². The first kappa shape index (κ1) is 15.7. The third-order valence-corrected chi connectivity index (χ3v) is 4.20. The summed E-state index contributed by atoms with van der Waals surface area (Å²) < 4.78 is 1.62. The lowest BCUT2D eigenvalue weighted by Gasteiger charge is -2.18. The van der Waals surface area contributed by atoms with Crippen LogP contribution in [0, 0.1) is 0 Å². The Morgan fingerprint density at radius 1 is 1.10 bits per heavy atom. The van der Waals surface area contributed by atoms with Crippen LogP contribution in [0.2, 0.25) is 5.02 Å². The van der Waals surface area contributed by atoms with Crippen LogP contribution in [0.1, 0.15) is 26.6 Å². The number of nitrogens with one attached hydrogen (secondary N) is 1. The average molecular weight is 420 g/mol. The van der Waals surface area contributed by atoms with E-state index in [0.717, 1.165) is 26.4 Å². The second-order valence-electron chi connectivity index (χ2n) is 5.40. The van der Waals surface area contributed by atoms with Crippen molar-refractivity contribution in [2.24, 2.45) is 0 Å². The van der Waals surface area contributed by atoms with Crippen molar-refractivity contribution >= 4 is 55.0 Å². The zero-order chi connectivity index (χ0) is 14.9. The summed E-state index contributed by atoms with van der Waals surface area (Å²) in [5.41, 5.74) is 0.765. The molecule has 6 heteroatoms. The molecule has 0 spiro atoms. The smallest absolute Gasteiger partial charge is 0.137 e. The number of halogens is 3. The molecule has 0 atom stereocenters. The first-order chi connectivity index (χ1) is 9.25. The predicted octanol–water partition coefficient (Wildman–Crippen LogP) is 5.70. The third-order valence-electron chi connectivity index (χ3n) is 2.56. The summed E-state index contributed by atoms with van der Waals surface area (Å²) in [4.78, 5) is 8.96. The summed E-state index contributed by atoms with van der Waals surface area (Å²) in [5, 5.41) is 3.89. The first-order valence-corrected chi connectivity index (χ1v) is 7.99. The zero-order valence-corrected chi connectivity index (χ0v) is 15.3. The van der Waals surface area contributed by atoms with Crippen molar-refractivity contribution < 1.29 is 0 Å². The Kier molecular flexibility index (Phi) is 4.72. The molecule has 1 N–H and O–H groups in total. The Morgan fingerprint density at radius 2 is 1.80 bits per heavy atom. The largest absolute Gasteiger partial charge is 0.340 e. The molecule has 106 valence electrons. The Hall–Kier alpha value is -0.650.